The van der Waals surface area contributed by atoms with Crippen molar-refractivity contribution in [3.8, 4) is 12.3 Å². The topological polar surface area (TPSA) is 217 Å². The summed E-state index contributed by atoms with van der Waals surface area (Å²) in [5.74, 6) is 3.94. The van der Waals surface area contributed by atoms with Crippen molar-refractivity contribution in [1.82, 2.24) is 34.8 Å². The molecule has 2 fully saturated rings. The molecule has 2 aromatic heterocycles. The van der Waals surface area contributed by atoms with Gasteiger partial charge in [0.2, 0.25) is 23.8 Å². The fourth-order valence-electron chi connectivity index (χ4n) is 5.18. The lowest BCUT2D eigenvalue weighted by molar-refractivity contribution is -0.135. The Balaban J connectivity index is 0.00000650. The molecule has 0 aliphatic carbocycles. The van der Waals surface area contributed by atoms with Gasteiger partial charge in [0.15, 0.2) is 0 Å². The number of unbranched alkanes of at least 4 members (excludes halogenated alkanes) is 1. The third-order valence-electron chi connectivity index (χ3n) is 7.88. The second-order valence-corrected chi connectivity index (χ2v) is 11.3. The molecule has 2 atom stereocenters. The van der Waals surface area contributed by atoms with Crippen LogP contribution in [0.2, 0.25) is 0 Å². The fraction of sp³-hybridized carbons (Fsp3) is 0.733. The van der Waals surface area contributed by atoms with Gasteiger partial charge in [-0.25, -0.2) is 4.68 Å². The number of terminal acetylenes is 1. The van der Waals surface area contributed by atoms with E-state index in [9.17, 15) is 9.90 Å². The first-order valence-electron chi connectivity index (χ1n) is 16.5. The Hall–Kier alpha value is -3.41. The average Bonchev–Trinajstić information content (AvgIpc) is 3.62. The number of ether oxygens (including phenoxy) is 4. The molecule has 2 aromatic rings. The first-order valence-corrected chi connectivity index (χ1v) is 16.5. The largest absolute Gasteiger partial charge is 0.394 e. The van der Waals surface area contributed by atoms with Gasteiger partial charge in [0.25, 0.3) is 0 Å². The number of nitrogens with zero attached hydrogens (tertiary/aromatic N) is 9. The molecule has 1 amide bonds. The molecule has 19 heteroatoms. The quantitative estimate of drug-likeness (QED) is 0.0886. The highest BCUT2D eigenvalue weighted by molar-refractivity contribution is 5.85. The number of nitrogens with one attached hydrogen (secondary N) is 1. The highest BCUT2D eigenvalue weighted by atomic mass is 35.5. The molecule has 6 N–H and O–H groups in total. The van der Waals surface area contributed by atoms with Crippen molar-refractivity contribution < 1.29 is 28.8 Å². The monoisotopic (exact) mass is 710 g/mol. The van der Waals surface area contributed by atoms with Gasteiger partial charge in [-0.05, 0) is 25.8 Å². The lowest BCUT2D eigenvalue weighted by Gasteiger charge is -2.36. The molecule has 4 heterocycles. The SMILES string of the molecule is C#CCOCCOCCOCCNc1nc(N2CCOCC2)nc(N2CCN(C(=O)[C@H](CCCCN)n3cc([C@@H](N)CO)nn3)CC2)n1.Cl. The second kappa shape index (κ2) is 22.3. The van der Waals surface area contributed by atoms with Gasteiger partial charge in [-0.1, -0.05) is 11.1 Å². The molecular formula is C30H51ClN12O6. The maximum absolute atomic E-state index is 13.8. The van der Waals surface area contributed by atoms with Crippen LogP contribution in [0.3, 0.4) is 0 Å². The molecular weight excluding hydrogens is 660 g/mol. The lowest BCUT2D eigenvalue weighted by atomic mass is 10.1. The maximum atomic E-state index is 13.8. The van der Waals surface area contributed by atoms with E-state index in [0.29, 0.717) is 129 Å². The van der Waals surface area contributed by atoms with Gasteiger partial charge in [0.05, 0.1) is 65.1 Å². The minimum absolute atomic E-state index is 0. The van der Waals surface area contributed by atoms with E-state index in [1.165, 1.54) is 0 Å². The molecule has 0 saturated carbocycles. The number of carbonyl (C=O) groups is 1. The van der Waals surface area contributed by atoms with Crippen LogP contribution < -0.4 is 26.6 Å². The summed E-state index contributed by atoms with van der Waals surface area (Å²) in [7, 11) is 0. The number of aliphatic hydroxyl groups is 1. The molecule has 4 rings (SSSR count). The van der Waals surface area contributed by atoms with Crippen LogP contribution in [0.4, 0.5) is 17.8 Å². The maximum Gasteiger partial charge on any atom is 0.247 e. The van der Waals surface area contributed by atoms with Crippen molar-refractivity contribution in [2.24, 2.45) is 11.5 Å². The van der Waals surface area contributed by atoms with Gasteiger partial charge in [-0.2, -0.15) is 15.0 Å². The number of amides is 1. The number of morpholine rings is 1. The third-order valence-corrected chi connectivity index (χ3v) is 7.88. The molecule has 0 aromatic carbocycles. The van der Waals surface area contributed by atoms with E-state index in [1.54, 1.807) is 10.9 Å². The van der Waals surface area contributed by atoms with Crippen LogP contribution in [0.5, 0.6) is 0 Å². The smallest absolute Gasteiger partial charge is 0.247 e. The average molecular weight is 711 g/mol. The van der Waals surface area contributed by atoms with Crippen LogP contribution in [0.25, 0.3) is 0 Å². The highest BCUT2D eigenvalue weighted by Gasteiger charge is 2.31. The summed E-state index contributed by atoms with van der Waals surface area (Å²) in [5.41, 5.74) is 12.1. The number of carbonyl (C=O) groups excluding carboxylic acids is 1. The van der Waals surface area contributed by atoms with Crippen LogP contribution >= 0.6 is 12.4 Å². The molecule has 0 unspecified atom stereocenters. The first kappa shape index (κ1) is 40.0. The van der Waals surface area contributed by atoms with Crippen LogP contribution in [0.1, 0.15) is 37.0 Å². The Bertz CT molecular complexity index is 1270. The molecule has 49 heavy (non-hydrogen) atoms. The predicted molar refractivity (Wildman–Crippen MR) is 185 cm³/mol. The first-order chi connectivity index (χ1) is 23.5. The van der Waals surface area contributed by atoms with Gasteiger partial charge in [0, 0.05) is 45.8 Å². The van der Waals surface area contributed by atoms with Crippen LogP contribution in [-0.2, 0) is 23.7 Å². The van der Waals surface area contributed by atoms with Crippen molar-refractivity contribution in [2.75, 3.05) is 127 Å². The van der Waals surface area contributed by atoms with Gasteiger partial charge in [-0.15, -0.1) is 23.9 Å². The minimum atomic E-state index is -0.660. The number of nitrogens with two attached hydrogens (primary N) is 2. The molecule has 0 bridgehead atoms. The summed E-state index contributed by atoms with van der Waals surface area (Å²) in [6.45, 7) is 7.93. The number of halogens is 1. The van der Waals surface area contributed by atoms with Gasteiger partial charge < -0.3 is 55.5 Å². The molecule has 2 aliphatic rings. The number of piperazine rings is 1. The van der Waals surface area contributed by atoms with Gasteiger partial charge in [0.1, 0.15) is 18.3 Å². The van der Waals surface area contributed by atoms with Gasteiger partial charge >= 0.3 is 0 Å². The van der Waals surface area contributed by atoms with E-state index in [1.807, 2.05) is 4.90 Å². The normalized spacial score (nSPS) is 16.2. The van der Waals surface area contributed by atoms with Crippen molar-refractivity contribution >= 4 is 36.2 Å². The molecule has 274 valence electrons. The van der Waals surface area contributed by atoms with E-state index in [2.05, 4.69) is 36.3 Å². The number of rotatable bonds is 21. The molecule has 2 aliphatic heterocycles. The summed E-state index contributed by atoms with van der Waals surface area (Å²) >= 11 is 0. The number of anilines is 3. The Morgan fingerprint density at radius 3 is 2.29 bits per heavy atom. The molecule has 18 nitrogen and oxygen atoms in total. The van der Waals surface area contributed by atoms with E-state index in [4.69, 9.17) is 46.8 Å². The van der Waals surface area contributed by atoms with Crippen molar-refractivity contribution in [2.45, 2.75) is 31.3 Å². The second-order valence-electron chi connectivity index (χ2n) is 11.3. The number of hydrogen-bond acceptors (Lipinski definition) is 16. The van der Waals surface area contributed by atoms with Crippen molar-refractivity contribution in [3.05, 3.63) is 11.9 Å². The van der Waals surface area contributed by atoms with Crippen LogP contribution in [0, 0.1) is 12.3 Å². The Kier molecular flexibility index (Phi) is 18.2. The zero-order valence-corrected chi connectivity index (χ0v) is 28.8. The van der Waals surface area contributed by atoms with Crippen LogP contribution in [0.15, 0.2) is 6.20 Å². The summed E-state index contributed by atoms with van der Waals surface area (Å²) in [4.78, 5) is 34.0. The van der Waals surface area contributed by atoms with E-state index >= 15 is 0 Å². The number of hydrogen-bond donors (Lipinski definition) is 4. The summed E-state index contributed by atoms with van der Waals surface area (Å²) in [6.07, 6.45) is 8.92. The third kappa shape index (κ3) is 12.8. The summed E-state index contributed by atoms with van der Waals surface area (Å²) in [6, 6.07) is -1.20. The molecule has 2 saturated heterocycles. The fourth-order valence-corrected chi connectivity index (χ4v) is 5.18. The summed E-state index contributed by atoms with van der Waals surface area (Å²) < 4.78 is 23.4. The van der Waals surface area contributed by atoms with Gasteiger partial charge in [-0.3, -0.25) is 4.79 Å². The Morgan fingerprint density at radius 2 is 1.63 bits per heavy atom. The molecule has 0 radical (unpaired) electrons. The Morgan fingerprint density at radius 1 is 0.980 bits per heavy atom. The highest BCUT2D eigenvalue weighted by Crippen LogP contribution is 2.23. The Labute approximate surface area is 293 Å². The van der Waals surface area contributed by atoms with E-state index in [0.717, 1.165) is 12.8 Å². The summed E-state index contributed by atoms with van der Waals surface area (Å²) in [5, 5.41) is 21.0. The van der Waals surface area contributed by atoms with Crippen molar-refractivity contribution in [1.29, 1.82) is 0 Å². The van der Waals surface area contributed by atoms with E-state index < -0.39 is 12.1 Å². The van der Waals surface area contributed by atoms with Crippen LogP contribution in [-0.4, -0.2) is 158 Å². The number of aliphatic hydroxyl groups excluding tert-OH is 1. The lowest BCUT2D eigenvalue weighted by Crippen LogP contribution is -2.51. The molecule has 0 spiro atoms. The standard InChI is InChI=1S/C30H50N12O6.ClH/c1-2-14-45-18-20-48-21-19-46-15-7-33-28-34-29(36-30(35-28)41-12-16-47-17-13-41)40-10-8-39(9-11-40)27(44)26(5-3-4-6-31)42-22-25(37-38-42)24(32)23-43;/h1,22,24,26,43H,3-21,23,31-32H2,(H,33,34,35,36);1H/t24-,26-;/m0./s1. The minimum Gasteiger partial charge on any atom is -0.394 e. The van der Waals surface area contributed by atoms with E-state index in [-0.39, 0.29) is 31.5 Å². The number of aromatic nitrogens is 6. The van der Waals surface area contributed by atoms with Crippen molar-refractivity contribution in [3.63, 3.8) is 0 Å². The zero-order valence-electron chi connectivity index (χ0n) is 28.0. The zero-order chi connectivity index (χ0) is 34.0. The predicted octanol–water partition coefficient (Wildman–Crippen LogP) is -1.17.